The van der Waals surface area contributed by atoms with Gasteiger partial charge >= 0.3 is 0 Å². The van der Waals surface area contributed by atoms with E-state index >= 15 is 0 Å². The normalized spacial score (nSPS) is 26.8. The van der Waals surface area contributed by atoms with Crippen molar-refractivity contribution in [3.05, 3.63) is 0 Å². The molecule has 2 nitrogen and oxygen atoms in total. The summed E-state index contributed by atoms with van der Waals surface area (Å²) in [5.41, 5.74) is 0.397. The van der Waals surface area contributed by atoms with Crippen molar-refractivity contribution in [1.82, 2.24) is 5.32 Å². The minimum atomic E-state index is 0.397. The zero-order chi connectivity index (χ0) is 12.3. The number of aliphatic imine (C=N–C) groups is 1. The van der Waals surface area contributed by atoms with Gasteiger partial charge in [0.2, 0.25) is 0 Å². The molecule has 1 heterocycles. The number of rotatable bonds is 5. The molecule has 0 radical (unpaired) electrons. The third kappa shape index (κ3) is 2.81. The van der Waals surface area contributed by atoms with Crippen LogP contribution in [0.4, 0.5) is 0 Å². The second-order valence-electron chi connectivity index (χ2n) is 5.49. The minimum Gasteiger partial charge on any atom is -0.359 e. The fourth-order valence-corrected chi connectivity index (χ4v) is 4.35. The Bertz CT molecular complexity index is 274. The molecule has 1 aliphatic heterocycles. The fraction of sp³-hybridized carbons (Fsp3) is 0.929. The average Bonchev–Trinajstić information content (AvgIpc) is 2.74. The molecule has 17 heavy (non-hydrogen) atoms. The summed E-state index contributed by atoms with van der Waals surface area (Å²) in [4.78, 5) is 4.72. The molecule has 1 unspecified atom stereocenters. The van der Waals surface area contributed by atoms with Crippen molar-refractivity contribution in [2.75, 3.05) is 6.54 Å². The first-order valence-electron chi connectivity index (χ1n) is 7.22. The van der Waals surface area contributed by atoms with E-state index in [2.05, 4.69) is 26.1 Å². The topological polar surface area (TPSA) is 24.4 Å². The molecule has 1 fully saturated rings. The molecule has 0 amide bonds. The summed E-state index contributed by atoms with van der Waals surface area (Å²) in [5, 5.41) is 5.67. The van der Waals surface area contributed by atoms with Crippen molar-refractivity contribution < 1.29 is 0 Å². The SMILES string of the molecule is CCC(CC)C1CN=C(NC2(CC)CCC2)S1. The molecule has 0 aromatic rings. The molecular weight excluding hydrogens is 228 g/mol. The molecule has 1 atom stereocenters. The first-order valence-corrected chi connectivity index (χ1v) is 8.10. The lowest BCUT2D eigenvalue weighted by Crippen LogP contribution is -2.52. The van der Waals surface area contributed by atoms with Gasteiger partial charge in [0.05, 0.1) is 6.54 Å². The van der Waals surface area contributed by atoms with Gasteiger partial charge in [-0.05, 0) is 31.6 Å². The van der Waals surface area contributed by atoms with Crippen LogP contribution >= 0.6 is 11.8 Å². The number of nitrogens with zero attached hydrogens (tertiary/aromatic N) is 1. The lowest BCUT2D eigenvalue weighted by molar-refractivity contribution is 0.211. The van der Waals surface area contributed by atoms with Crippen LogP contribution in [0.5, 0.6) is 0 Å². The van der Waals surface area contributed by atoms with Crippen LogP contribution in [0.25, 0.3) is 0 Å². The van der Waals surface area contributed by atoms with Crippen LogP contribution in [0.2, 0.25) is 0 Å². The quantitative estimate of drug-likeness (QED) is 0.806. The van der Waals surface area contributed by atoms with Gasteiger partial charge in [0.1, 0.15) is 0 Å². The van der Waals surface area contributed by atoms with E-state index in [1.165, 1.54) is 43.7 Å². The highest BCUT2D eigenvalue weighted by Gasteiger charge is 2.37. The van der Waals surface area contributed by atoms with Gasteiger partial charge in [-0.2, -0.15) is 0 Å². The molecule has 0 spiro atoms. The minimum absolute atomic E-state index is 0.397. The number of thioether (sulfide) groups is 1. The van der Waals surface area contributed by atoms with Crippen LogP contribution < -0.4 is 5.32 Å². The molecule has 1 aliphatic carbocycles. The Balaban J connectivity index is 1.85. The predicted molar refractivity (Wildman–Crippen MR) is 77.8 cm³/mol. The van der Waals surface area contributed by atoms with E-state index in [0.717, 1.165) is 17.7 Å². The Morgan fingerprint density at radius 1 is 1.35 bits per heavy atom. The Kier molecular flexibility index (Phi) is 4.40. The maximum absolute atomic E-state index is 4.72. The third-order valence-corrected chi connectivity index (χ3v) is 5.90. The van der Waals surface area contributed by atoms with E-state index in [9.17, 15) is 0 Å². The summed E-state index contributed by atoms with van der Waals surface area (Å²) in [6.45, 7) is 7.93. The molecule has 2 rings (SSSR count). The summed E-state index contributed by atoms with van der Waals surface area (Å²) in [6.07, 6.45) is 7.86. The smallest absolute Gasteiger partial charge is 0.157 e. The van der Waals surface area contributed by atoms with Crippen LogP contribution in [-0.2, 0) is 0 Å². The van der Waals surface area contributed by atoms with E-state index in [1.54, 1.807) is 0 Å². The zero-order valence-corrected chi connectivity index (χ0v) is 12.3. The summed E-state index contributed by atoms with van der Waals surface area (Å²) >= 11 is 2.00. The van der Waals surface area contributed by atoms with Gasteiger partial charge in [-0.15, -0.1) is 0 Å². The van der Waals surface area contributed by atoms with Crippen molar-refractivity contribution in [1.29, 1.82) is 0 Å². The lowest BCUT2D eigenvalue weighted by Gasteiger charge is -2.42. The van der Waals surface area contributed by atoms with Crippen LogP contribution in [0.15, 0.2) is 4.99 Å². The molecule has 0 aromatic heterocycles. The highest BCUT2D eigenvalue weighted by Crippen LogP contribution is 2.37. The van der Waals surface area contributed by atoms with Gasteiger partial charge in [-0.1, -0.05) is 45.4 Å². The molecular formula is C14H26N2S. The van der Waals surface area contributed by atoms with Gasteiger partial charge in [0.25, 0.3) is 0 Å². The molecule has 1 N–H and O–H groups in total. The average molecular weight is 254 g/mol. The number of hydrogen-bond donors (Lipinski definition) is 1. The molecule has 2 aliphatic rings. The fourth-order valence-electron chi connectivity index (χ4n) is 2.92. The van der Waals surface area contributed by atoms with Crippen LogP contribution in [0, 0.1) is 5.92 Å². The molecule has 1 saturated carbocycles. The number of nitrogens with one attached hydrogen (secondary N) is 1. The number of amidine groups is 1. The van der Waals surface area contributed by atoms with Gasteiger partial charge in [-0.25, -0.2) is 0 Å². The van der Waals surface area contributed by atoms with E-state index in [0.29, 0.717) is 5.54 Å². The summed E-state index contributed by atoms with van der Waals surface area (Å²) in [7, 11) is 0. The molecule has 98 valence electrons. The second-order valence-corrected chi connectivity index (χ2v) is 6.72. The Labute approximate surface area is 110 Å². The molecule has 0 bridgehead atoms. The zero-order valence-electron chi connectivity index (χ0n) is 11.5. The second kappa shape index (κ2) is 5.64. The maximum Gasteiger partial charge on any atom is 0.157 e. The van der Waals surface area contributed by atoms with Crippen LogP contribution in [-0.4, -0.2) is 22.5 Å². The van der Waals surface area contributed by atoms with Gasteiger partial charge < -0.3 is 5.32 Å². The summed E-state index contributed by atoms with van der Waals surface area (Å²) in [5.74, 6) is 0.835. The van der Waals surface area contributed by atoms with Crippen LogP contribution in [0.1, 0.15) is 59.3 Å². The van der Waals surface area contributed by atoms with Crippen molar-refractivity contribution >= 4 is 16.9 Å². The monoisotopic (exact) mass is 254 g/mol. The van der Waals surface area contributed by atoms with Crippen molar-refractivity contribution in [3.63, 3.8) is 0 Å². The van der Waals surface area contributed by atoms with Crippen LogP contribution in [0.3, 0.4) is 0 Å². The Hall–Kier alpha value is -0.180. The van der Waals surface area contributed by atoms with Gasteiger partial charge in [0.15, 0.2) is 5.17 Å². The lowest BCUT2D eigenvalue weighted by atomic mass is 9.75. The van der Waals surface area contributed by atoms with Gasteiger partial charge in [0, 0.05) is 10.8 Å². The molecule has 0 saturated heterocycles. The Morgan fingerprint density at radius 3 is 2.53 bits per heavy atom. The Morgan fingerprint density at radius 2 is 2.06 bits per heavy atom. The largest absolute Gasteiger partial charge is 0.359 e. The molecule has 3 heteroatoms. The van der Waals surface area contributed by atoms with Gasteiger partial charge in [-0.3, -0.25) is 4.99 Å². The van der Waals surface area contributed by atoms with Crippen molar-refractivity contribution in [2.24, 2.45) is 10.9 Å². The van der Waals surface area contributed by atoms with Crippen molar-refractivity contribution in [3.8, 4) is 0 Å². The summed E-state index contributed by atoms with van der Waals surface area (Å²) < 4.78 is 0. The van der Waals surface area contributed by atoms with E-state index in [-0.39, 0.29) is 0 Å². The summed E-state index contributed by atoms with van der Waals surface area (Å²) in [6, 6.07) is 0. The highest BCUT2D eigenvalue weighted by molar-refractivity contribution is 8.14. The van der Waals surface area contributed by atoms with E-state index in [1.807, 2.05) is 11.8 Å². The maximum atomic E-state index is 4.72. The number of hydrogen-bond acceptors (Lipinski definition) is 3. The first kappa shape index (κ1) is 13.3. The first-order chi connectivity index (χ1) is 8.23. The highest BCUT2D eigenvalue weighted by atomic mass is 32.2. The standard InChI is InChI=1S/C14H26N2S/c1-4-11(5-2)12-10-15-13(17-12)16-14(6-3)8-7-9-14/h11-12H,4-10H2,1-3H3,(H,15,16). The molecule has 0 aromatic carbocycles. The van der Waals surface area contributed by atoms with Crippen molar-refractivity contribution in [2.45, 2.75) is 70.1 Å². The van der Waals surface area contributed by atoms with E-state index in [4.69, 9.17) is 4.99 Å². The predicted octanol–water partition coefficient (Wildman–Crippen LogP) is 3.82. The third-order valence-electron chi connectivity index (χ3n) is 4.61. The van der Waals surface area contributed by atoms with E-state index < -0.39 is 0 Å².